The molecule has 0 fully saturated rings. The van der Waals surface area contributed by atoms with Gasteiger partial charge in [-0.25, -0.2) is 0 Å². The minimum atomic E-state index is -2.01. The minimum absolute atomic E-state index is 0.490. The van der Waals surface area contributed by atoms with Crippen LogP contribution in [0.25, 0.3) is 0 Å². The Morgan fingerprint density at radius 2 is 2.15 bits per heavy atom. The fraction of sp³-hybridized carbons (Fsp3) is 0.400. The summed E-state index contributed by atoms with van der Waals surface area (Å²) < 4.78 is 23.3. The molecule has 0 spiro atoms. The molecule has 0 aromatic heterocycles. The molecular formula is C10H11FO2. The molecule has 0 aliphatic carbocycles. The van der Waals surface area contributed by atoms with Crippen LogP contribution < -0.4 is 9.47 Å². The lowest BCUT2D eigenvalue weighted by Gasteiger charge is -2.11. The predicted octanol–water partition coefficient (Wildman–Crippen LogP) is 2.66. The van der Waals surface area contributed by atoms with Crippen LogP contribution in [0.5, 0.6) is 11.5 Å². The number of ether oxygens (including phenoxy) is 2. The van der Waals surface area contributed by atoms with E-state index in [-0.39, 0.29) is 0 Å². The molecule has 0 N–H and O–H groups in total. The number of rotatable bonds is 1. The molecule has 1 aromatic carbocycles. The lowest BCUT2D eigenvalue weighted by molar-refractivity contribution is -0.173. The third-order valence-corrected chi connectivity index (χ3v) is 2.02. The van der Waals surface area contributed by atoms with Gasteiger partial charge in [-0.05, 0) is 18.1 Å². The van der Waals surface area contributed by atoms with Crippen molar-refractivity contribution in [3.05, 3.63) is 23.8 Å². The summed E-state index contributed by atoms with van der Waals surface area (Å²) in [7, 11) is 0. The summed E-state index contributed by atoms with van der Waals surface area (Å²) in [4.78, 5) is 0. The summed E-state index contributed by atoms with van der Waals surface area (Å²) in [6.45, 7) is 3.25. The van der Waals surface area contributed by atoms with E-state index in [4.69, 9.17) is 9.47 Å². The monoisotopic (exact) mass is 182 g/mol. The Morgan fingerprint density at radius 1 is 1.38 bits per heavy atom. The zero-order chi connectivity index (χ0) is 9.47. The van der Waals surface area contributed by atoms with Crippen LogP contribution in [0.3, 0.4) is 0 Å². The molecule has 13 heavy (non-hydrogen) atoms. The fourth-order valence-electron chi connectivity index (χ4n) is 1.44. The SMILES string of the molecule is CCc1cccc2c1OC(C)(F)O2. The Labute approximate surface area is 76.3 Å². The van der Waals surface area contributed by atoms with Gasteiger partial charge in [0.05, 0.1) is 0 Å². The summed E-state index contributed by atoms with van der Waals surface area (Å²) in [6, 6.07) is 3.44. The van der Waals surface area contributed by atoms with Gasteiger partial charge in [0.2, 0.25) is 0 Å². The van der Waals surface area contributed by atoms with E-state index in [0.29, 0.717) is 11.5 Å². The number of hydrogen-bond donors (Lipinski definition) is 0. The molecule has 1 aliphatic rings. The molecule has 1 aliphatic heterocycles. The Hall–Kier alpha value is -1.25. The zero-order valence-electron chi connectivity index (χ0n) is 7.63. The molecule has 1 atom stereocenters. The molecule has 1 unspecified atom stereocenters. The van der Waals surface area contributed by atoms with Gasteiger partial charge in [-0.2, -0.15) is 4.39 Å². The van der Waals surface area contributed by atoms with Crippen molar-refractivity contribution in [2.45, 2.75) is 26.3 Å². The van der Waals surface area contributed by atoms with Gasteiger partial charge in [0, 0.05) is 6.92 Å². The van der Waals surface area contributed by atoms with E-state index < -0.39 is 6.04 Å². The molecule has 3 heteroatoms. The highest BCUT2D eigenvalue weighted by atomic mass is 19.2. The molecule has 1 heterocycles. The van der Waals surface area contributed by atoms with Gasteiger partial charge in [0.25, 0.3) is 0 Å². The topological polar surface area (TPSA) is 18.5 Å². The number of benzene rings is 1. The van der Waals surface area contributed by atoms with E-state index in [1.807, 2.05) is 19.1 Å². The Bertz CT molecular complexity index is 334. The third kappa shape index (κ3) is 1.34. The van der Waals surface area contributed by atoms with Crippen molar-refractivity contribution >= 4 is 0 Å². The second-order valence-electron chi connectivity index (χ2n) is 3.14. The first-order chi connectivity index (χ1) is 6.12. The van der Waals surface area contributed by atoms with Crippen LogP contribution in [0.15, 0.2) is 18.2 Å². The zero-order valence-corrected chi connectivity index (χ0v) is 7.63. The van der Waals surface area contributed by atoms with E-state index in [2.05, 4.69) is 0 Å². The van der Waals surface area contributed by atoms with Crippen LogP contribution >= 0.6 is 0 Å². The fourth-order valence-corrected chi connectivity index (χ4v) is 1.44. The average Bonchev–Trinajstić information content (AvgIpc) is 2.37. The van der Waals surface area contributed by atoms with E-state index in [0.717, 1.165) is 12.0 Å². The van der Waals surface area contributed by atoms with E-state index >= 15 is 0 Å². The largest absolute Gasteiger partial charge is 0.423 e. The van der Waals surface area contributed by atoms with Crippen LogP contribution in [-0.2, 0) is 6.42 Å². The number of alkyl halides is 1. The molecule has 0 bridgehead atoms. The lowest BCUT2D eigenvalue weighted by Crippen LogP contribution is -2.28. The predicted molar refractivity (Wildman–Crippen MR) is 46.6 cm³/mol. The molecule has 0 saturated carbocycles. The van der Waals surface area contributed by atoms with Gasteiger partial charge in [-0.15, -0.1) is 0 Å². The van der Waals surface area contributed by atoms with Crippen molar-refractivity contribution in [1.82, 2.24) is 0 Å². The van der Waals surface area contributed by atoms with Crippen molar-refractivity contribution in [2.75, 3.05) is 0 Å². The Balaban J connectivity index is 2.45. The molecule has 1 aromatic rings. The molecule has 2 rings (SSSR count). The normalized spacial score (nSPS) is 24.8. The first-order valence-electron chi connectivity index (χ1n) is 4.31. The molecule has 0 radical (unpaired) electrons. The van der Waals surface area contributed by atoms with Gasteiger partial charge >= 0.3 is 6.04 Å². The highest BCUT2D eigenvalue weighted by Crippen LogP contribution is 2.42. The number of para-hydroxylation sites is 1. The summed E-state index contributed by atoms with van der Waals surface area (Å²) in [5, 5.41) is 0. The van der Waals surface area contributed by atoms with Crippen LogP contribution in [-0.4, -0.2) is 6.04 Å². The van der Waals surface area contributed by atoms with Crippen LogP contribution in [0.1, 0.15) is 19.4 Å². The first-order valence-corrected chi connectivity index (χ1v) is 4.31. The Kier molecular flexibility index (Phi) is 1.68. The summed E-state index contributed by atoms with van der Waals surface area (Å²) in [5.41, 5.74) is 0.971. The van der Waals surface area contributed by atoms with E-state index in [9.17, 15) is 4.39 Å². The lowest BCUT2D eigenvalue weighted by atomic mass is 10.1. The summed E-state index contributed by atoms with van der Waals surface area (Å²) in [5.74, 6) is 1.03. The quantitative estimate of drug-likeness (QED) is 0.664. The number of halogens is 1. The molecule has 2 nitrogen and oxygen atoms in total. The maximum atomic E-state index is 13.3. The first kappa shape index (κ1) is 8.35. The van der Waals surface area contributed by atoms with Crippen LogP contribution in [0.4, 0.5) is 4.39 Å². The van der Waals surface area contributed by atoms with Crippen molar-refractivity contribution in [3.63, 3.8) is 0 Å². The number of fused-ring (bicyclic) bond motifs is 1. The molecule has 0 amide bonds. The van der Waals surface area contributed by atoms with Crippen molar-refractivity contribution in [1.29, 1.82) is 0 Å². The smallest absolute Gasteiger partial charge is 0.404 e. The third-order valence-electron chi connectivity index (χ3n) is 2.02. The maximum Gasteiger partial charge on any atom is 0.404 e. The van der Waals surface area contributed by atoms with Crippen LogP contribution in [0, 0.1) is 0 Å². The van der Waals surface area contributed by atoms with E-state index in [1.54, 1.807) is 6.07 Å². The van der Waals surface area contributed by atoms with Crippen LogP contribution in [0.2, 0.25) is 0 Å². The summed E-state index contributed by atoms with van der Waals surface area (Å²) >= 11 is 0. The number of aryl methyl sites for hydroxylation is 1. The van der Waals surface area contributed by atoms with Crippen molar-refractivity contribution in [3.8, 4) is 11.5 Å². The summed E-state index contributed by atoms with van der Waals surface area (Å²) in [6.07, 6.45) is 0.808. The van der Waals surface area contributed by atoms with Gasteiger partial charge < -0.3 is 9.47 Å². The number of hydrogen-bond acceptors (Lipinski definition) is 2. The maximum absolute atomic E-state index is 13.3. The van der Waals surface area contributed by atoms with E-state index in [1.165, 1.54) is 6.92 Å². The van der Waals surface area contributed by atoms with Gasteiger partial charge in [0.1, 0.15) is 0 Å². The van der Waals surface area contributed by atoms with Gasteiger partial charge in [0.15, 0.2) is 11.5 Å². The van der Waals surface area contributed by atoms with Crippen molar-refractivity contribution < 1.29 is 13.9 Å². The minimum Gasteiger partial charge on any atom is -0.423 e. The standard InChI is InChI=1S/C10H11FO2/c1-3-7-5-4-6-8-9(7)13-10(2,11)12-8/h4-6H,3H2,1-2H3. The van der Waals surface area contributed by atoms with Crippen molar-refractivity contribution in [2.24, 2.45) is 0 Å². The molecular weight excluding hydrogens is 171 g/mol. The average molecular weight is 182 g/mol. The van der Waals surface area contributed by atoms with Gasteiger partial charge in [-0.1, -0.05) is 19.1 Å². The second kappa shape index (κ2) is 2.62. The molecule has 70 valence electrons. The molecule has 0 saturated heterocycles. The van der Waals surface area contributed by atoms with Gasteiger partial charge in [-0.3, -0.25) is 0 Å². The Morgan fingerprint density at radius 3 is 2.85 bits per heavy atom. The highest BCUT2D eigenvalue weighted by molar-refractivity contribution is 5.48. The second-order valence-corrected chi connectivity index (χ2v) is 3.14. The highest BCUT2D eigenvalue weighted by Gasteiger charge is 2.37.